The van der Waals surface area contributed by atoms with Crippen molar-refractivity contribution in [2.75, 3.05) is 5.73 Å². The molecule has 0 aliphatic carbocycles. The van der Waals surface area contributed by atoms with E-state index >= 15 is 0 Å². The van der Waals surface area contributed by atoms with Crippen molar-refractivity contribution in [3.8, 4) is 0 Å². The van der Waals surface area contributed by atoms with Gasteiger partial charge in [-0.2, -0.15) is 0 Å². The fourth-order valence-electron chi connectivity index (χ4n) is 1.21. The Bertz CT molecular complexity index is 258. The molecule has 0 amide bonds. The van der Waals surface area contributed by atoms with E-state index in [0.717, 1.165) is 25.0 Å². The molecule has 3 nitrogen and oxygen atoms in total. The van der Waals surface area contributed by atoms with E-state index in [9.17, 15) is 0 Å². The van der Waals surface area contributed by atoms with Crippen LogP contribution in [0.4, 0.5) is 5.95 Å². The quantitative estimate of drug-likeness (QED) is 0.739. The molecule has 0 aliphatic heterocycles. The lowest BCUT2D eigenvalue weighted by Crippen LogP contribution is -2.02. The molecule has 0 saturated carbocycles. The highest BCUT2D eigenvalue weighted by Gasteiger charge is 2.02. The van der Waals surface area contributed by atoms with Gasteiger partial charge in [0.15, 0.2) is 0 Å². The molecule has 1 heterocycles. The third kappa shape index (κ3) is 1.94. The van der Waals surface area contributed by atoms with Crippen LogP contribution in [0.15, 0.2) is 6.20 Å². The molecule has 1 aromatic heterocycles. The zero-order valence-corrected chi connectivity index (χ0v) is 7.67. The molecule has 0 aromatic carbocycles. The lowest BCUT2D eigenvalue weighted by molar-refractivity contribution is 0.848. The molecule has 0 atom stereocenters. The highest BCUT2D eigenvalue weighted by Crippen LogP contribution is 2.09. The number of anilines is 1. The van der Waals surface area contributed by atoms with Crippen LogP contribution in [-0.4, -0.2) is 9.97 Å². The predicted octanol–water partition coefficient (Wildman–Crippen LogP) is 1.57. The summed E-state index contributed by atoms with van der Waals surface area (Å²) in [6.07, 6.45) is 4.91. The summed E-state index contributed by atoms with van der Waals surface area (Å²) in [5, 5.41) is 0. The summed E-state index contributed by atoms with van der Waals surface area (Å²) < 4.78 is 0. The van der Waals surface area contributed by atoms with E-state index in [2.05, 4.69) is 23.8 Å². The third-order valence-electron chi connectivity index (χ3n) is 1.84. The first-order valence-corrected chi connectivity index (χ1v) is 4.38. The van der Waals surface area contributed by atoms with E-state index in [1.165, 1.54) is 5.56 Å². The Morgan fingerprint density at radius 1 is 1.42 bits per heavy atom. The van der Waals surface area contributed by atoms with Crippen LogP contribution in [0.3, 0.4) is 0 Å². The van der Waals surface area contributed by atoms with Crippen molar-refractivity contribution in [2.45, 2.75) is 33.1 Å². The third-order valence-corrected chi connectivity index (χ3v) is 1.84. The fraction of sp³-hybridized carbons (Fsp3) is 0.556. The largest absolute Gasteiger partial charge is 0.368 e. The second-order valence-corrected chi connectivity index (χ2v) is 2.80. The lowest BCUT2D eigenvalue weighted by atomic mass is 10.1. The summed E-state index contributed by atoms with van der Waals surface area (Å²) >= 11 is 0. The summed E-state index contributed by atoms with van der Waals surface area (Å²) in [5.74, 6) is 0.385. The first-order chi connectivity index (χ1) is 5.77. The minimum Gasteiger partial charge on any atom is -0.368 e. The number of hydrogen-bond acceptors (Lipinski definition) is 3. The molecule has 0 spiro atoms. The van der Waals surface area contributed by atoms with Crippen molar-refractivity contribution in [1.82, 2.24) is 9.97 Å². The molecule has 12 heavy (non-hydrogen) atoms. The van der Waals surface area contributed by atoms with Gasteiger partial charge in [-0.3, -0.25) is 0 Å². The van der Waals surface area contributed by atoms with Crippen LogP contribution < -0.4 is 5.73 Å². The second-order valence-electron chi connectivity index (χ2n) is 2.80. The maximum atomic E-state index is 5.49. The summed E-state index contributed by atoms with van der Waals surface area (Å²) in [6.45, 7) is 4.24. The molecule has 3 heteroatoms. The SMILES string of the molecule is CCCc1nc(N)ncc1CC. The molecular weight excluding hydrogens is 150 g/mol. The Morgan fingerprint density at radius 3 is 2.75 bits per heavy atom. The second kappa shape index (κ2) is 4.04. The summed E-state index contributed by atoms with van der Waals surface area (Å²) in [7, 11) is 0. The van der Waals surface area contributed by atoms with Gasteiger partial charge in [0, 0.05) is 11.9 Å². The number of rotatable bonds is 3. The average molecular weight is 165 g/mol. The van der Waals surface area contributed by atoms with E-state index < -0.39 is 0 Å². The van der Waals surface area contributed by atoms with Crippen LogP contribution in [0.5, 0.6) is 0 Å². The fourth-order valence-corrected chi connectivity index (χ4v) is 1.21. The first-order valence-electron chi connectivity index (χ1n) is 4.38. The van der Waals surface area contributed by atoms with Gasteiger partial charge < -0.3 is 5.73 Å². The van der Waals surface area contributed by atoms with Crippen molar-refractivity contribution in [2.24, 2.45) is 0 Å². The highest BCUT2D eigenvalue weighted by atomic mass is 15.0. The Hall–Kier alpha value is -1.12. The van der Waals surface area contributed by atoms with Crippen molar-refractivity contribution in [1.29, 1.82) is 0 Å². The molecule has 1 rings (SSSR count). The van der Waals surface area contributed by atoms with Crippen molar-refractivity contribution >= 4 is 5.95 Å². The standard InChI is InChI=1S/C9H15N3/c1-3-5-8-7(4-2)6-11-9(10)12-8/h6H,3-5H2,1-2H3,(H2,10,11,12). The zero-order chi connectivity index (χ0) is 8.97. The number of aromatic nitrogens is 2. The Morgan fingerprint density at radius 2 is 2.17 bits per heavy atom. The van der Waals surface area contributed by atoms with E-state index in [-0.39, 0.29) is 0 Å². The summed E-state index contributed by atoms with van der Waals surface area (Å²) in [4.78, 5) is 8.16. The van der Waals surface area contributed by atoms with Gasteiger partial charge in [-0.05, 0) is 18.4 Å². The number of hydrogen-bond donors (Lipinski definition) is 1. The van der Waals surface area contributed by atoms with Gasteiger partial charge >= 0.3 is 0 Å². The van der Waals surface area contributed by atoms with Crippen molar-refractivity contribution in [3.05, 3.63) is 17.5 Å². The van der Waals surface area contributed by atoms with Gasteiger partial charge in [0.2, 0.25) is 5.95 Å². The minimum atomic E-state index is 0.385. The average Bonchev–Trinajstić information content (AvgIpc) is 2.05. The summed E-state index contributed by atoms with van der Waals surface area (Å²) in [5.41, 5.74) is 7.81. The number of aryl methyl sites for hydroxylation is 2. The smallest absolute Gasteiger partial charge is 0.220 e. The highest BCUT2D eigenvalue weighted by molar-refractivity contribution is 5.25. The van der Waals surface area contributed by atoms with E-state index in [0.29, 0.717) is 5.95 Å². The van der Waals surface area contributed by atoms with E-state index in [1.54, 1.807) is 0 Å². The van der Waals surface area contributed by atoms with Gasteiger partial charge in [0.05, 0.1) is 0 Å². The minimum absolute atomic E-state index is 0.385. The monoisotopic (exact) mass is 165 g/mol. The molecule has 2 N–H and O–H groups in total. The van der Waals surface area contributed by atoms with Crippen LogP contribution in [0.1, 0.15) is 31.5 Å². The normalized spacial score (nSPS) is 10.2. The van der Waals surface area contributed by atoms with Crippen LogP contribution in [0.25, 0.3) is 0 Å². The number of nitrogens with two attached hydrogens (primary N) is 1. The Labute approximate surface area is 73.0 Å². The zero-order valence-electron chi connectivity index (χ0n) is 7.67. The number of nitrogens with zero attached hydrogens (tertiary/aromatic N) is 2. The van der Waals surface area contributed by atoms with Crippen LogP contribution in [0, 0.1) is 0 Å². The van der Waals surface area contributed by atoms with Gasteiger partial charge in [-0.1, -0.05) is 20.3 Å². The maximum Gasteiger partial charge on any atom is 0.220 e. The summed E-state index contributed by atoms with van der Waals surface area (Å²) in [6, 6.07) is 0. The predicted molar refractivity (Wildman–Crippen MR) is 49.8 cm³/mol. The Balaban J connectivity index is 2.95. The van der Waals surface area contributed by atoms with Crippen molar-refractivity contribution in [3.63, 3.8) is 0 Å². The molecule has 1 aromatic rings. The molecule has 0 radical (unpaired) electrons. The van der Waals surface area contributed by atoms with Crippen molar-refractivity contribution < 1.29 is 0 Å². The lowest BCUT2D eigenvalue weighted by Gasteiger charge is -2.04. The molecular formula is C9H15N3. The topological polar surface area (TPSA) is 51.8 Å². The maximum absolute atomic E-state index is 5.49. The molecule has 0 fully saturated rings. The van der Waals surface area contributed by atoms with E-state index in [1.807, 2.05) is 6.20 Å². The Kier molecular flexibility index (Phi) is 3.02. The molecule has 0 bridgehead atoms. The van der Waals surface area contributed by atoms with Crippen LogP contribution in [0.2, 0.25) is 0 Å². The van der Waals surface area contributed by atoms with Gasteiger partial charge in [-0.25, -0.2) is 9.97 Å². The molecule has 0 saturated heterocycles. The molecule has 0 aliphatic rings. The van der Waals surface area contributed by atoms with Gasteiger partial charge in [0.1, 0.15) is 0 Å². The van der Waals surface area contributed by atoms with Gasteiger partial charge in [0.25, 0.3) is 0 Å². The van der Waals surface area contributed by atoms with E-state index in [4.69, 9.17) is 5.73 Å². The molecule has 66 valence electrons. The van der Waals surface area contributed by atoms with Crippen LogP contribution in [-0.2, 0) is 12.8 Å². The first kappa shape index (κ1) is 8.97. The molecule has 0 unspecified atom stereocenters. The number of nitrogen functional groups attached to an aromatic ring is 1. The van der Waals surface area contributed by atoms with Gasteiger partial charge in [-0.15, -0.1) is 0 Å². The van der Waals surface area contributed by atoms with Crippen LogP contribution >= 0.6 is 0 Å².